The number of halogens is 1. The van der Waals surface area contributed by atoms with Crippen molar-refractivity contribution < 1.29 is 14.4 Å². The number of nitrogens with zero attached hydrogens (tertiary/aromatic N) is 1. The third-order valence-electron chi connectivity index (χ3n) is 6.13. The predicted octanol–water partition coefficient (Wildman–Crippen LogP) is 3.47. The summed E-state index contributed by atoms with van der Waals surface area (Å²) >= 11 is 5.96. The Kier molecular flexibility index (Phi) is 5.22. The molecule has 1 aromatic carbocycles. The summed E-state index contributed by atoms with van der Waals surface area (Å²) in [6.07, 6.45) is 5.99. The smallest absolute Gasteiger partial charge is 0.233 e. The third-order valence-corrected chi connectivity index (χ3v) is 6.39. The summed E-state index contributed by atoms with van der Waals surface area (Å²) in [6.45, 7) is 0.189. The molecule has 144 valence electrons. The predicted molar refractivity (Wildman–Crippen MR) is 102 cm³/mol. The van der Waals surface area contributed by atoms with Crippen molar-refractivity contribution in [3.63, 3.8) is 0 Å². The van der Waals surface area contributed by atoms with Crippen molar-refractivity contribution in [3.05, 3.63) is 34.9 Å². The molecule has 0 aromatic heterocycles. The fraction of sp³-hybridized carbons (Fsp3) is 0.571. The molecule has 5 nitrogen and oxygen atoms in total. The molecule has 0 radical (unpaired) electrons. The number of carbonyl (C=O) groups is 3. The number of hydrogen-bond donors (Lipinski definition) is 1. The Balaban J connectivity index is 1.35. The molecule has 1 N–H and O–H groups in total. The number of imide groups is 1. The maximum absolute atomic E-state index is 12.5. The Morgan fingerprint density at radius 3 is 2.19 bits per heavy atom. The molecule has 3 amide bonds. The van der Waals surface area contributed by atoms with Gasteiger partial charge in [-0.05, 0) is 49.3 Å². The van der Waals surface area contributed by atoms with Crippen LogP contribution in [0.3, 0.4) is 0 Å². The van der Waals surface area contributed by atoms with Crippen LogP contribution in [0.25, 0.3) is 0 Å². The highest BCUT2D eigenvalue weighted by molar-refractivity contribution is 6.30. The van der Waals surface area contributed by atoms with Gasteiger partial charge in [-0.25, -0.2) is 0 Å². The highest BCUT2D eigenvalue weighted by Gasteiger charge is 2.47. The first-order chi connectivity index (χ1) is 13.0. The van der Waals surface area contributed by atoms with Gasteiger partial charge in [-0.3, -0.25) is 19.3 Å². The Morgan fingerprint density at radius 1 is 1.04 bits per heavy atom. The van der Waals surface area contributed by atoms with Crippen LogP contribution in [0.4, 0.5) is 0 Å². The lowest BCUT2D eigenvalue weighted by Crippen LogP contribution is -2.36. The molecule has 1 aromatic rings. The normalized spacial score (nSPS) is 26.0. The van der Waals surface area contributed by atoms with Gasteiger partial charge in [0.05, 0.1) is 17.9 Å². The fourth-order valence-corrected chi connectivity index (χ4v) is 4.61. The van der Waals surface area contributed by atoms with E-state index in [1.165, 1.54) is 4.90 Å². The molecule has 0 bridgehead atoms. The van der Waals surface area contributed by atoms with Crippen LogP contribution >= 0.6 is 11.6 Å². The summed E-state index contributed by atoms with van der Waals surface area (Å²) in [5, 5.41) is 3.77. The van der Waals surface area contributed by atoms with Gasteiger partial charge >= 0.3 is 0 Å². The molecule has 1 saturated heterocycles. The molecule has 6 heteroatoms. The van der Waals surface area contributed by atoms with Crippen molar-refractivity contribution >= 4 is 29.3 Å². The van der Waals surface area contributed by atoms with Gasteiger partial charge in [0.1, 0.15) is 0 Å². The molecule has 0 spiro atoms. The van der Waals surface area contributed by atoms with Crippen molar-refractivity contribution in [1.82, 2.24) is 10.2 Å². The Hall–Kier alpha value is -1.88. The minimum absolute atomic E-state index is 0.0256. The van der Waals surface area contributed by atoms with E-state index in [0.29, 0.717) is 10.9 Å². The van der Waals surface area contributed by atoms with Crippen LogP contribution in [0.1, 0.15) is 56.6 Å². The van der Waals surface area contributed by atoms with Gasteiger partial charge in [0, 0.05) is 18.0 Å². The Morgan fingerprint density at radius 2 is 1.63 bits per heavy atom. The summed E-state index contributed by atoms with van der Waals surface area (Å²) in [7, 11) is 0. The van der Waals surface area contributed by atoms with Gasteiger partial charge in [-0.2, -0.15) is 0 Å². The first-order valence-electron chi connectivity index (χ1n) is 9.94. The molecular weight excluding hydrogens is 364 g/mol. The Bertz CT molecular complexity index is 720. The monoisotopic (exact) mass is 388 g/mol. The zero-order valence-electron chi connectivity index (χ0n) is 15.3. The second kappa shape index (κ2) is 7.63. The largest absolute Gasteiger partial charge is 0.349 e. The second-order valence-corrected chi connectivity index (χ2v) is 8.45. The van der Waals surface area contributed by atoms with E-state index in [4.69, 9.17) is 11.6 Å². The number of fused-ring (bicyclic) bond motifs is 1. The SMILES string of the molecule is O=C(CCN1C(=O)C2CCCCC2C1=O)NC(c1ccc(Cl)cc1)C1CC1. The van der Waals surface area contributed by atoms with E-state index >= 15 is 0 Å². The summed E-state index contributed by atoms with van der Waals surface area (Å²) in [5.74, 6) is -0.113. The average Bonchev–Trinajstić information content (AvgIpc) is 3.48. The number of rotatable bonds is 6. The molecule has 1 aliphatic heterocycles. The Labute approximate surface area is 164 Å². The molecule has 2 saturated carbocycles. The second-order valence-electron chi connectivity index (χ2n) is 8.01. The molecule has 3 atom stereocenters. The van der Waals surface area contributed by atoms with Crippen molar-refractivity contribution in [2.75, 3.05) is 6.54 Å². The highest BCUT2D eigenvalue weighted by Crippen LogP contribution is 2.41. The highest BCUT2D eigenvalue weighted by atomic mass is 35.5. The van der Waals surface area contributed by atoms with Gasteiger partial charge < -0.3 is 5.32 Å². The van der Waals surface area contributed by atoms with Gasteiger partial charge in [0.2, 0.25) is 17.7 Å². The summed E-state index contributed by atoms with van der Waals surface area (Å²) in [6, 6.07) is 7.54. The molecule has 27 heavy (non-hydrogen) atoms. The van der Waals surface area contributed by atoms with E-state index in [1.807, 2.05) is 24.3 Å². The topological polar surface area (TPSA) is 66.5 Å². The number of amides is 3. The standard InChI is InChI=1S/C21H25ClN2O3/c22-15-9-7-14(8-10-15)19(13-5-6-13)23-18(25)11-12-24-20(26)16-3-1-2-4-17(16)21(24)27/h7-10,13,16-17,19H,1-6,11-12H2,(H,23,25). The van der Waals surface area contributed by atoms with E-state index in [1.54, 1.807) is 0 Å². The first-order valence-corrected chi connectivity index (χ1v) is 10.3. The lowest BCUT2D eigenvalue weighted by atomic mass is 9.81. The summed E-state index contributed by atoms with van der Waals surface area (Å²) < 4.78 is 0. The van der Waals surface area contributed by atoms with Crippen LogP contribution in [-0.2, 0) is 14.4 Å². The van der Waals surface area contributed by atoms with Crippen LogP contribution in [0.15, 0.2) is 24.3 Å². The third kappa shape index (κ3) is 3.88. The maximum Gasteiger partial charge on any atom is 0.233 e. The number of likely N-dealkylation sites (tertiary alicyclic amines) is 1. The maximum atomic E-state index is 12.5. The van der Waals surface area contributed by atoms with E-state index in [2.05, 4.69) is 5.32 Å². The van der Waals surface area contributed by atoms with Crippen molar-refractivity contribution in [3.8, 4) is 0 Å². The van der Waals surface area contributed by atoms with Crippen LogP contribution in [-0.4, -0.2) is 29.2 Å². The van der Waals surface area contributed by atoms with E-state index in [0.717, 1.165) is 44.1 Å². The lowest BCUT2D eigenvalue weighted by molar-refractivity contribution is -0.140. The number of nitrogens with one attached hydrogen (secondary N) is 1. The van der Waals surface area contributed by atoms with Crippen LogP contribution in [0, 0.1) is 17.8 Å². The number of benzene rings is 1. The zero-order chi connectivity index (χ0) is 19.0. The molecule has 3 fully saturated rings. The number of carbonyl (C=O) groups excluding carboxylic acids is 3. The van der Waals surface area contributed by atoms with Crippen LogP contribution in [0.2, 0.25) is 5.02 Å². The molecular formula is C21H25ClN2O3. The van der Waals surface area contributed by atoms with Gasteiger partial charge in [0.25, 0.3) is 0 Å². The zero-order valence-corrected chi connectivity index (χ0v) is 16.1. The molecule has 3 unspecified atom stereocenters. The van der Waals surface area contributed by atoms with Crippen molar-refractivity contribution in [2.45, 2.75) is 51.0 Å². The van der Waals surface area contributed by atoms with Gasteiger partial charge in [-0.15, -0.1) is 0 Å². The molecule has 3 aliphatic rings. The minimum atomic E-state index is -0.150. The quantitative estimate of drug-likeness (QED) is 0.759. The fourth-order valence-electron chi connectivity index (χ4n) is 4.48. The van der Waals surface area contributed by atoms with E-state index in [9.17, 15) is 14.4 Å². The molecule has 1 heterocycles. The van der Waals surface area contributed by atoms with Crippen molar-refractivity contribution in [1.29, 1.82) is 0 Å². The first kappa shape index (κ1) is 18.5. The van der Waals surface area contributed by atoms with E-state index in [-0.39, 0.29) is 48.6 Å². The van der Waals surface area contributed by atoms with Crippen LogP contribution in [0.5, 0.6) is 0 Å². The van der Waals surface area contributed by atoms with Crippen LogP contribution < -0.4 is 5.32 Å². The number of hydrogen-bond acceptors (Lipinski definition) is 3. The summed E-state index contributed by atoms with van der Waals surface area (Å²) in [4.78, 5) is 38.9. The van der Waals surface area contributed by atoms with Gasteiger partial charge in [-0.1, -0.05) is 36.6 Å². The summed E-state index contributed by atoms with van der Waals surface area (Å²) in [5.41, 5.74) is 1.05. The van der Waals surface area contributed by atoms with Crippen molar-refractivity contribution in [2.24, 2.45) is 17.8 Å². The molecule has 2 aliphatic carbocycles. The van der Waals surface area contributed by atoms with Gasteiger partial charge in [0.15, 0.2) is 0 Å². The lowest BCUT2D eigenvalue weighted by Gasteiger charge is -2.20. The van der Waals surface area contributed by atoms with E-state index < -0.39 is 0 Å². The minimum Gasteiger partial charge on any atom is -0.349 e. The molecule has 4 rings (SSSR count). The average molecular weight is 389 g/mol.